The molecule has 2 bridgehead atoms. The van der Waals surface area contributed by atoms with Crippen molar-refractivity contribution in [3.05, 3.63) is 57.9 Å². The van der Waals surface area contributed by atoms with Crippen LogP contribution in [0.15, 0.2) is 39.9 Å². The average molecular weight is 327 g/mol. The van der Waals surface area contributed by atoms with Gasteiger partial charge in [-0.3, -0.25) is 9.69 Å². The standard InChI is InChI=1S/C19H25N3O2/c1-20(2)11-16-3-4-18-17-7-15(10-22(18)19(16)23)9-21(12-17)8-14-5-6-24-13-14/h3-6,13,15,17H,7-12H2,1-2H3/t15-,17+/m0/s1. The Hall–Kier alpha value is -1.85. The summed E-state index contributed by atoms with van der Waals surface area (Å²) >= 11 is 0. The zero-order valence-corrected chi connectivity index (χ0v) is 14.4. The third kappa shape index (κ3) is 2.94. The third-order valence-electron chi connectivity index (χ3n) is 5.23. The van der Waals surface area contributed by atoms with Crippen molar-refractivity contribution >= 4 is 0 Å². The molecule has 2 aliphatic heterocycles. The first kappa shape index (κ1) is 15.7. The number of fused-ring (bicyclic) bond motifs is 4. The highest BCUT2D eigenvalue weighted by Crippen LogP contribution is 2.35. The maximum Gasteiger partial charge on any atom is 0.255 e. The fourth-order valence-electron chi connectivity index (χ4n) is 4.32. The highest BCUT2D eigenvalue weighted by atomic mass is 16.3. The summed E-state index contributed by atoms with van der Waals surface area (Å²) < 4.78 is 7.24. The molecule has 2 aromatic heterocycles. The fourth-order valence-corrected chi connectivity index (χ4v) is 4.32. The van der Waals surface area contributed by atoms with Gasteiger partial charge >= 0.3 is 0 Å². The molecule has 2 atom stereocenters. The van der Waals surface area contributed by atoms with Crippen LogP contribution in [0.1, 0.15) is 29.2 Å². The van der Waals surface area contributed by atoms with E-state index in [-0.39, 0.29) is 5.56 Å². The van der Waals surface area contributed by atoms with E-state index < -0.39 is 0 Å². The van der Waals surface area contributed by atoms with Crippen LogP contribution in [0.2, 0.25) is 0 Å². The van der Waals surface area contributed by atoms with E-state index in [1.165, 1.54) is 17.7 Å². The Morgan fingerprint density at radius 3 is 2.83 bits per heavy atom. The van der Waals surface area contributed by atoms with Crippen LogP contribution in [0, 0.1) is 5.92 Å². The molecule has 0 N–H and O–H groups in total. The molecule has 0 aliphatic carbocycles. The highest BCUT2D eigenvalue weighted by molar-refractivity contribution is 5.22. The van der Waals surface area contributed by atoms with Gasteiger partial charge in [-0.1, -0.05) is 6.07 Å². The third-order valence-corrected chi connectivity index (χ3v) is 5.23. The van der Waals surface area contributed by atoms with E-state index in [0.29, 0.717) is 18.4 Å². The second-order valence-corrected chi connectivity index (χ2v) is 7.56. The van der Waals surface area contributed by atoms with Gasteiger partial charge < -0.3 is 13.9 Å². The van der Waals surface area contributed by atoms with Crippen molar-refractivity contribution in [2.24, 2.45) is 5.92 Å². The molecule has 2 aliphatic rings. The smallest absolute Gasteiger partial charge is 0.255 e. The van der Waals surface area contributed by atoms with Crippen molar-refractivity contribution in [1.29, 1.82) is 0 Å². The van der Waals surface area contributed by atoms with Crippen molar-refractivity contribution in [3.63, 3.8) is 0 Å². The first-order valence-electron chi connectivity index (χ1n) is 8.71. The van der Waals surface area contributed by atoms with Gasteiger partial charge in [0.2, 0.25) is 0 Å². The van der Waals surface area contributed by atoms with Crippen LogP contribution in [-0.4, -0.2) is 41.6 Å². The quantitative estimate of drug-likeness (QED) is 0.863. The molecule has 1 saturated heterocycles. The SMILES string of the molecule is CN(C)Cc1ccc2n(c1=O)C[C@H]1C[C@@H]2CN(Cc2ccoc2)C1. The molecule has 2 aromatic rings. The zero-order chi connectivity index (χ0) is 16.7. The summed E-state index contributed by atoms with van der Waals surface area (Å²) in [5.74, 6) is 1.03. The molecular formula is C19H25N3O2. The zero-order valence-electron chi connectivity index (χ0n) is 14.4. The lowest BCUT2D eigenvalue weighted by Crippen LogP contribution is -2.47. The number of hydrogen-bond donors (Lipinski definition) is 0. The summed E-state index contributed by atoms with van der Waals surface area (Å²) in [4.78, 5) is 17.4. The summed E-state index contributed by atoms with van der Waals surface area (Å²) in [6, 6.07) is 6.25. The number of furan rings is 1. The molecule has 0 spiro atoms. The Bertz CT molecular complexity index is 763. The lowest BCUT2D eigenvalue weighted by atomic mass is 9.83. The van der Waals surface area contributed by atoms with Crippen LogP contribution in [0.4, 0.5) is 0 Å². The largest absolute Gasteiger partial charge is 0.472 e. The van der Waals surface area contributed by atoms with Crippen LogP contribution < -0.4 is 5.56 Å². The van der Waals surface area contributed by atoms with Crippen LogP contribution in [-0.2, 0) is 19.6 Å². The van der Waals surface area contributed by atoms with Gasteiger partial charge in [-0.2, -0.15) is 0 Å². The maximum atomic E-state index is 12.8. The minimum absolute atomic E-state index is 0.208. The molecule has 1 fully saturated rings. The average Bonchev–Trinajstić information content (AvgIpc) is 3.03. The minimum atomic E-state index is 0.208. The van der Waals surface area contributed by atoms with Crippen LogP contribution in [0.3, 0.4) is 0 Å². The van der Waals surface area contributed by atoms with Crippen molar-refractivity contribution < 1.29 is 4.42 Å². The molecule has 24 heavy (non-hydrogen) atoms. The van der Waals surface area contributed by atoms with Crippen molar-refractivity contribution in [2.75, 3.05) is 27.2 Å². The number of rotatable bonds is 4. The van der Waals surface area contributed by atoms with Gasteiger partial charge in [0.05, 0.1) is 12.5 Å². The van der Waals surface area contributed by atoms with Gasteiger partial charge in [-0.05, 0) is 38.6 Å². The lowest BCUT2D eigenvalue weighted by Gasteiger charge is -2.43. The Morgan fingerprint density at radius 2 is 2.08 bits per heavy atom. The predicted molar refractivity (Wildman–Crippen MR) is 92.9 cm³/mol. The maximum absolute atomic E-state index is 12.8. The van der Waals surface area contributed by atoms with Crippen LogP contribution in [0.25, 0.3) is 0 Å². The lowest BCUT2D eigenvalue weighted by molar-refractivity contribution is 0.114. The number of likely N-dealkylation sites (tertiary alicyclic amines) is 1. The Morgan fingerprint density at radius 1 is 1.21 bits per heavy atom. The van der Waals surface area contributed by atoms with E-state index in [2.05, 4.69) is 15.9 Å². The van der Waals surface area contributed by atoms with E-state index in [1.54, 1.807) is 6.26 Å². The molecule has 128 valence electrons. The van der Waals surface area contributed by atoms with Crippen LogP contribution in [0.5, 0.6) is 0 Å². The molecule has 5 nitrogen and oxygen atoms in total. The van der Waals surface area contributed by atoms with Crippen LogP contribution >= 0.6 is 0 Å². The van der Waals surface area contributed by atoms with E-state index >= 15 is 0 Å². The predicted octanol–water partition coefficient (Wildman–Crippen LogP) is 2.12. The van der Waals surface area contributed by atoms with E-state index in [9.17, 15) is 4.79 Å². The van der Waals surface area contributed by atoms with Gasteiger partial charge in [0.25, 0.3) is 5.56 Å². The van der Waals surface area contributed by atoms with Gasteiger partial charge in [-0.15, -0.1) is 0 Å². The van der Waals surface area contributed by atoms with Gasteiger partial charge in [0, 0.05) is 55.5 Å². The summed E-state index contributed by atoms with van der Waals surface area (Å²) in [7, 11) is 4.01. The van der Waals surface area contributed by atoms with Crippen molar-refractivity contribution in [3.8, 4) is 0 Å². The Kier molecular flexibility index (Phi) is 4.06. The molecule has 0 radical (unpaired) electrons. The van der Waals surface area contributed by atoms with E-state index in [1.807, 2.05) is 37.1 Å². The summed E-state index contributed by atoms with van der Waals surface area (Å²) in [6.45, 7) is 4.58. The second-order valence-electron chi connectivity index (χ2n) is 7.56. The topological polar surface area (TPSA) is 41.6 Å². The first-order chi connectivity index (χ1) is 11.6. The molecule has 5 heteroatoms. The first-order valence-corrected chi connectivity index (χ1v) is 8.71. The molecule has 0 aromatic carbocycles. The molecule has 0 amide bonds. The van der Waals surface area contributed by atoms with E-state index in [4.69, 9.17) is 4.42 Å². The van der Waals surface area contributed by atoms with E-state index in [0.717, 1.165) is 31.7 Å². The summed E-state index contributed by atoms with van der Waals surface area (Å²) in [5, 5.41) is 0. The number of hydrogen-bond acceptors (Lipinski definition) is 4. The molecule has 4 rings (SSSR count). The summed E-state index contributed by atoms with van der Waals surface area (Å²) in [6.07, 6.45) is 4.77. The second kappa shape index (κ2) is 6.22. The number of aromatic nitrogens is 1. The monoisotopic (exact) mass is 327 g/mol. The fraction of sp³-hybridized carbons (Fsp3) is 0.526. The van der Waals surface area contributed by atoms with Gasteiger partial charge in [-0.25, -0.2) is 0 Å². The van der Waals surface area contributed by atoms with Crippen molar-refractivity contribution in [2.45, 2.75) is 32.0 Å². The number of pyridine rings is 1. The molecule has 0 saturated carbocycles. The normalized spacial score (nSPS) is 23.5. The van der Waals surface area contributed by atoms with Gasteiger partial charge in [0.1, 0.15) is 0 Å². The Labute approximate surface area is 142 Å². The van der Waals surface area contributed by atoms with Gasteiger partial charge in [0.15, 0.2) is 0 Å². The molecule has 4 heterocycles. The van der Waals surface area contributed by atoms with Crippen molar-refractivity contribution in [1.82, 2.24) is 14.4 Å². The minimum Gasteiger partial charge on any atom is -0.472 e. The molecule has 0 unspecified atom stereocenters. The highest BCUT2D eigenvalue weighted by Gasteiger charge is 2.34. The Balaban J connectivity index is 1.58. The summed E-state index contributed by atoms with van der Waals surface area (Å²) in [5.41, 5.74) is 3.56. The number of nitrogens with zero attached hydrogens (tertiary/aromatic N) is 3. The number of piperidine rings is 1. The molecular weight excluding hydrogens is 302 g/mol.